The molecule has 23 heavy (non-hydrogen) atoms. The Kier molecular flexibility index (Phi) is 3.63. The van der Waals surface area contributed by atoms with Crippen molar-refractivity contribution in [2.75, 3.05) is 38.2 Å². The largest absolute Gasteiger partial charge is 0.496 e. The lowest BCUT2D eigenvalue weighted by atomic mass is 10.1. The zero-order chi connectivity index (χ0) is 15.6. The van der Waals surface area contributed by atoms with Crippen molar-refractivity contribution < 1.29 is 4.74 Å². The number of aromatic nitrogens is 2. The molecule has 1 aliphatic heterocycles. The van der Waals surface area contributed by atoms with Crippen LogP contribution < -0.4 is 15.0 Å². The van der Waals surface area contributed by atoms with Crippen LogP contribution in [0.4, 0.5) is 5.69 Å². The van der Waals surface area contributed by atoms with Crippen LogP contribution in [0.2, 0.25) is 0 Å². The molecule has 0 aliphatic carbocycles. The number of methoxy groups -OCH3 is 1. The molecule has 0 radical (unpaired) electrons. The summed E-state index contributed by atoms with van der Waals surface area (Å²) in [5.41, 5.74) is 4.13. The SMILES string of the molecule is COc1ccccc1-c1cn2cc(N3CCNCC3)ccc2n1. The number of anilines is 1. The van der Waals surface area contributed by atoms with Crippen molar-refractivity contribution in [1.29, 1.82) is 0 Å². The van der Waals surface area contributed by atoms with E-state index in [4.69, 9.17) is 9.72 Å². The highest BCUT2D eigenvalue weighted by Gasteiger charge is 2.13. The van der Waals surface area contributed by atoms with Gasteiger partial charge in [0, 0.05) is 44.1 Å². The van der Waals surface area contributed by atoms with Crippen LogP contribution in [0.15, 0.2) is 48.8 Å². The molecule has 0 spiro atoms. The second-order valence-corrected chi connectivity index (χ2v) is 5.72. The minimum absolute atomic E-state index is 0.846. The number of pyridine rings is 1. The Hall–Kier alpha value is -2.53. The number of para-hydroxylation sites is 1. The minimum atomic E-state index is 0.846. The Labute approximate surface area is 135 Å². The summed E-state index contributed by atoms with van der Waals surface area (Å²) in [5.74, 6) is 0.846. The Bertz CT molecular complexity index is 821. The van der Waals surface area contributed by atoms with E-state index in [9.17, 15) is 0 Å². The van der Waals surface area contributed by atoms with E-state index in [0.29, 0.717) is 0 Å². The molecular weight excluding hydrogens is 288 g/mol. The number of benzene rings is 1. The molecular formula is C18H20N4O. The lowest BCUT2D eigenvalue weighted by Gasteiger charge is -2.29. The lowest BCUT2D eigenvalue weighted by molar-refractivity contribution is 0.416. The van der Waals surface area contributed by atoms with Gasteiger partial charge in [-0.25, -0.2) is 4.98 Å². The highest BCUT2D eigenvalue weighted by Crippen LogP contribution is 2.29. The molecule has 5 heteroatoms. The summed E-state index contributed by atoms with van der Waals surface area (Å²) >= 11 is 0. The number of hydrogen-bond donors (Lipinski definition) is 1. The summed E-state index contributed by atoms with van der Waals surface area (Å²) in [6, 6.07) is 12.2. The highest BCUT2D eigenvalue weighted by atomic mass is 16.5. The van der Waals surface area contributed by atoms with Gasteiger partial charge in [-0.15, -0.1) is 0 Å². The molecule has 1 aromatic carbocycles. The molecule has 0 amide bonds. The van der Waals surface area contributed by atoms with Gasteiger partial charge in [0.1, 0.15) is 11.4 Å². The summed E-state index contributed by atoms with van der Waals surface area (Å²) in [5, 5.41) is 3.39. The molecule has 2 aromatic heterocycles. The Balaban J connectivity index is 1.73. The molecule has 4 rings (SSSR count). The van der Waals surface area contributed by atoms with Crippen molar-refractivity contribution in [3.8, 4) is 17.0 Å². The van der Waals surface area contributed by atoms with Crippen LogP contribution in [0.3, 0.4) is 0 Å². The van der Waals surface area contributed by atoms with Crippen molar-refractivity contribution in [3.05, 3.63) is 48.8 Å². The van der Waals surface area contributed by atoms with Gasteiger partial charge in [0.05, 0.1) is 18.5 Å². The molecule has 1 N–H and O–H groups in total. The van der Waals surface area contributed by atoms with Gasteiger partial charge in [0.2, 0.25) is 0 Å². The van der Waals surface area contributed by atoms with Crippen LogP contribution in [0.1, 0.15) is 0 Å². The smallest absolute Gasteiger partial charge is 0.137 e. The number of rotatable bonds is 3. The molecule has 5 nitrogen and oxygen atoms in total. The van der Waals surface area contributed by atoms with Crippen LogP contribution in [-0.2, 0) is 0 Å². The van der Waals surface area contributed by atoms with Crippen LogP contribution in [0, 0.1) is 0 Å². The zero-order valence-corrected chi connectivity index (χ0v) is 13.2. The fourth-order valence-electron chi connectivity index (χ4n) is 3.08. The van der Waals surface area contributed by atoms with E-state index in [1.54, 1.807) is 7.11 Å². The van der Waals surface area contributed by atoms with Gasteiger partial charge >= 0.3 is 0 Å². The Morgan fingerprint density at radius 3 is 2.70 bits per heavy atom. The predicted molar refractivity (Wildman–Crippen MR) is 92.3 cm³/mol. The first-order chi connectivity index (χ1) is 11.3. The third-order valence-electron chi connectivity index (χ3n) is 4.30. The first-order valence-corrected chi connectivity index (χ1v) is 7.93. The van der Waals surface area contributed by atoms with E-state index in [1.807, 2.05) is 24.3 Å². The quantitative estimate of drug-likeness (QED) is 0.807. The van der Waals surface area contributed by atoms with Crippen LogP contribution >= 0.6 is 0 Å². The summed E-state index contributed by atoms with van der Waals surface area (Å²) in [6.07, 6.45) is 4.23. The molecule has 0 unspecified atom stereocenters. The molecule has 118 valence electrons. The van der Waals surface area contributed by atoms with Gasteiger partial charge in [-0.05, 0) is 24.3 Å². The van der Waals surface area contributed by atoms with Gasteiger partial charge < -0.3 is 19.4 Å². The van der Waals surface area contributed by atoms with E-state index in [0.717, 1.165) is 48.8 Å². The topological polar surface area (TPSA) is 41.8 Å². The van der Waals surface area contributed by atoms with Gasteiger partial charge in [0.25, 0.3) is 0 Å². The zero-order valence-electron chi connectivity index (χ0n) is 13.2. The second kappa shape index (κ2) is 5.93. The van der Waals surface area contributed by atoms with Crippen LogP contribution in [0.25, 0.3) is 16.9 Å². The summed E-state index contributed by atoms with van der Waals surface area (Å²) < 4.78 is 7.55. The van der Waals surface area contributed by atoms with E-state index >= 15 is 0 Å². The maximum Gasteiger partial charge on any atom is 0.137 e. The molecule has 0 bridgehead atoms. The molecule has 0 saturated carbocycles. The third-order valence-corrected chi connectivity index (χ3v) is 4.30. The van der Waals surface area contributed by atoms with Crippen molar-refractivity contribution in [3.63, 3.8) is 0 Å². The first kappa shape index (κ1) is 14.1. The van der Waals surface area contributed by atoms with Gasteiger partial charge in [-0.2, -0.15) is 0 Å². The fraction of sp³-hybridized carbons (Fsp3) is 0.278. The standard InChI is InChI=1S/C18H20N4O/c1-23-17-5-3-2-4-15(17)16-13-22-12-14(6-7-18(22)20-16)21-10-8-19-9-11-21/h2-7,12-13,19H,8-11H2,1H3. The number of nitrogens with zero attached hydrogens (tertiary/aromatic N) is 3. The number of fused-ring (bicyclic) bond motifs is 1. The highest BCUT2D eigenvalue weighted by molar-refractivity contribution is 5.69. The summed E-state index contributed by atoms with van der Waals surface area (Å²) in [7, 11) is 1.69. The van der Waals surface area contributed by atoms with E-state index in [2.05, 4.69) is 39.1 Å². The Morgan fingerprint density at radius 2 is 1.87 bits per heavy atom. The van der Waals surface area contributed by atoms with Gasteiger partial charge in [-0.1, -0.05) is 12.1 Å². The number of imidazole rings is 1. The summed E-state index contributed by atoms with van der Waals surface area (Å²) in [6.45, 7) is 4.15. The minimum Gasteiger partial charge on any atom is -0.496 e. The molecule has 3 aromatic rings. The molecule has 1 aliphatic rings. The fourth-order valence-corrected chi connectivity index (χ4v) is 3.08. The number of nitrogens with one attached hydrogen (secondary N) is 1. The van der Waals surface area contributed by atoms with Crippen LogP contribution in [-0.4, -0.2) is 42.7 Å². The first-order valence-electron chi connectivity index (χ1n) is 7.93. The maximum atomic E-state index is 5.45. The Morgan fingerprint density at radius 1 is 1.04 bits per heavy atom. The number of hydrogen-bond acceptors (Lipinski definition) is 4. The molecule has 1 fully saturated rings. The van der Waals surface area contributed by atoms with Crippen molar-refractivity contribution in [2.45, 2.75) is 0 Å². The molecule has 1 saturated heterocycles. The third kappa shape index (κ3) is 2.64. The van der Waals surface area contributed by atoms with E-state index in [-0.39, 0.29) is 0 Å². The van der Waals surface area contributed by atoms with Crippen molar-refractivity contribution >= 4 is 11.3 Å². The van der Waals surface area contributed by atoms with Gasteiger partial charge in [-0.3, -0.25) is 0 Å². The lowest BCUT2D eigenvalue weighted by Crippen LogP contribution is -2.43. The average molecular weight is 308 g/mol. The van der Waals surface area contributed by atoms with Gasteiger partial charge in [0.15, 0.2) is 0 Å². The van der Waals surface area contributed by atoms with Crippen molar-refractivity contribution in [1.82, 2.24) is 14.7 Å². The summed E-state index contributed by atoms with van der Waals surface area (Å²) in [4.78, 5) is 7.13. The van der Waals surface area contributed by atoms with E-state index in [1.165, 1.54) is 5.69 Å². The molecule has 0 atom stereocenters. The second-order valence-electron chi connectivity index (χ2n) is 5.72. The van der Waals surface area contributed by atoms with Crippen molar-refractivity contribution in [2.24, 2.45) is 0 Å². The monoisotopic (exact) mass is 308 g/mol. The van der Waals surface area contributed by atoms with E-state index < -0.39 is 0 Å². The molecule has 3 heterocycles. The average Bonchev–Trinajstić information content (AvgIpc) is 3.05. The van der Waals surface area contributed by atoms with Crippen LogP contribution in [0.5, 0.6) is 5.75 Å². The predicted octanol–water partition coefficient (Wildman–Crippen LogP) is 2.42. The number of piperazine rings is 1. The maximum absolute atomic E-state index is 5.45. The normalized spacial score (nSPS) is 15.1. The number of ether oxygens (including phenoxy) is 1.